The minimum atomic E-state index is 0.115. The highest BCUT2D eigenvalue weighted by Gasteiger charge is 2.23. The van der Waals surface area contributed by atoms with Crippen LogP contribution >= 0.6 is 27.3 Å². The molecule has 0 spiro atoms. The van der Waals surface area contributed by atoms with Gasteiger partial charge in [0.1, 0.15) is 0 Å². The molecule has 19 heavy (non-hydrogen) atoms. The van der Waals surface area contributed by atoms with E-state index in [0.717, 1.165) is 35.1 Å². The lowest BCUT2D eigenvalue weighted by Crippen LogP contribution is -2.35. The number of halogens is 1. The van der Waals surface area contributed by atoms with Crippen molar-refractivity contribution in [2.75, 3.05) is 6.54 Å². The zero-order valence-corrected chi connectivity index (χ0v) is 13.1. The van der Waals surface area contributed by atoms with Crippen LogP contribution in [-0.4, -0.2) is 17.4 Å². The first kappa shape index (κ1) is 12.9. The van der Waals surface area contributed by atoms with E-state index in [1.54, 1.807) is 11.3 Å². The smallest absolute Gasteiger partial charge is 0.255 e. The molecule has 2 aromatic rings. The van der Waals surface area contributed by atoms with Crippen LogP contribution in [0.3, 0.4) is 0 Å². The van der Waals surface area contributed by atoms with E-state index in [2.05, 4.69) is 27.4 Å². The number of rotatable bonds is 1. The van der Waals surface area contributed by atoms with E-state index in [-0.39, 0.29) is 5.91 Å². The Balaban J connectivity index is 1.85. The standard InChI is InChI=1S/C15H14BrNOS/c1-10-2-3-12(13(16)8-10)15(18)17-6-4-14-11(9-17)5-7-19-14/h2-3,5,7-8H,4,6,9H2,1H3. The van der Waals surface area contributed by atoms with Crippen molar-refractivity contribution in [3.05, 3.63) is 55.7 Å². The van der Waals surface area contributed by atoms with Crippen molar-refractivity contribution in [2.24, 2.45) is 0 Å². The molecule has 0 atom stereocenters. The molecule has 1 aromatic heterocycles. The van der Waals surface area contributed by atoms with Gasteiger partial charge in [0.15, 0.2) is 0 Å². The maximum absolute atomic E-state index is 12.6. The third kappa shape index (κ3) is 2.47. The van der Waals surface area contributed by atoms with Crippen LogP contribution in [0.4, 0.5) is 0 Å². The van der Waals surface area contributed by atoms with E-state index in [1.807, 2.05) is 30.0 Å². The molecule has 0 saturated heterocycles. The van der Waals surface area contributed by atoms with Crippen LogP contribution in [0.2, 0.25) is 0 Å². The largest absolute Gasteiger partial charge is 0.334 e. The monoisotopic (exact) mass is 335 g/mol. The van der Waals surface area contributed by atoms with Crippen molar-refractivity contribution in [2.45, 2.75) is 19.9 Å². The maximum atomic E-state index is 12.6. The van der Waals surface area contributed by atoms with Gasteiger partial charge in [-0.05, 0) is 64.0 Å². The number of nitrogens with zero attached hydrogens (tertiary/aromatic N) is 1. The molecule has 1 amide bonds. The van der Waals surface area contributed by atoms with Crippen molar-refractivity contribution >= 4 is 33.2 Å². The number of aryl methyl sites for hydroxylation is 1. The highest BCUT2D eigenvalue weighted by atomic mass is 79.9. The SMILES string of the molecule is Cc1ccc(C(=O)N2CCc3sccc3C2)c(Br)c1. The van der Waals surface area contributed by atoms with Gasteiger partial charge in [-0.3, -0.25) is 4.79 Å². The molecule has 3 rings (SSSR count). The molecule has 0 bridgehead atoms. The van der Waals surface area contributed by atoms with Gasteiger partial charge < -0.3 is 4.90 Å². The van der Waals surface area contributed by atoms with Gasteiger partial charge in [0.25, 0.3) is 5.91 Å². The van der Waals surface area contributed by atoms with Gasteiger partial charge >= 0.3 is 0 Å². The molecular formula is C15H14BrNOS. The molecule has 0 radical (unpaired) electrons. The fraction of sp³-hybridized carbons (Fsp3) is 0.267. The predicted molar refractivity (Wildman–Crippen MR) is 81.6 cm³/mol. The summed E-state index contributed by atoms with van der Waals surface area (Å²) in [5.74, 6) is 0.115. The zero-order chi connectivity index (χ0) is 13.4. The van der Waals surface area contributed by atoms with E-state index in [9.17, 15) is 4.79 Å². The molecular weight excluding hydrogens is 322 g/mol. The molecule has 0 aliphatic carbocycles. The quantitative estimate of drug-likeness (QED) is 0.770. The molecule has 0 saturated carbocycles. The number of benzene rings is 1. The van der Waals surface area contributed by atoms with Gasteiger partial charge in [0.2, 0.25) is 0 Å². The molecule has 2 heterocycles. The fourth-order valence-electron chi connectivity index (χ4n) is 2.39. The number of fused-ring (bicyclic) bond motifs is 1. The molecule has 98 valence electrons. The lowest BCUT2D eigenvalue weighted by Gasteiger charge is -2.27. The van der Waals surface area contributed by atoms with Crippen LogP contribution in [0.15, 0.2) is 34.1 Å². The number of hydrogen-bond donors (Lipinski definition) is 0. The molecule has 1 aliphatic rings. The van der Waals surface area contributed by atoms with E-state index >= 15 is 0 Å². The van der Waals surface area contributed by atoms with Crippen LogP contribution in [0.1, 0.15) is 26.4 Å². The molecule has 0 unspecified atom stereocenters. The van der Waals surface area contributed by atoms with Crippen LogP contribution < -0.4 is 0 Å². The summed E-state index contributed by atoms with van der Waals surface area (Å²) in [6.45, 7) is 3.57. The Hall–Kier alpha value is -1.13. The second-order valence-corrected chi connectivity index (χ2v) is 6.68. The van der Waals surface area contributed by atoms with E-state index in [1.165, 1.54) is 10.4 Å². The number of carbonyl (C=O) groups is 1. The third-order valence-corrected chi connectivity index (χ3v) is 5.13. The summed E-state index contributed by atoms with van der Waals surface area (Å²) >= 11 is 5.29. The lowest BCUT2D eigenvalue weighted by molar-refractivity contribution is 0.0735. The first-order valence-corrected chi connectivity index (χ1v) is 7.93. The van der Waals surface area contributed by atoms with Crippen LogP contribution in [-0.2, 0) is 13.0 Å². The van der Waals surface area contributed by atoms with Gasteiger partial charge in [-0.25, -0.2) is 0 Å². The number of thiophene rings is 1. The Morgan fingerprint density at radius 2 is 2.21 bits per heavy atom. The normalized spacial score (nSPS) is 14.3. The van der Waals surface area contributed by atoms with Crippen molar-refractivity contribution in [1.82, 2.24) is 4.90 Å². The second-order valence-electron chi connectivity index (χ2n) is 4.83. The Labute approximate surface area is 125 Å². The molecule has 1 aliphatic heterocycles. The van der Waals surface area contributed by atoms with Crippen molar-refractivity contribution < 1.29 is 4.79 Å². The van der Waals surface area contributed by atoms with Gasteiger partial charge in [0.05, 0.1) is 5.56 Å². The van der Waals surface area contributed by atoms with Crippen molar-refractivity contribution in [3.8, 4) is 0 Å². The van der Waals surface area contributed by atoms with Gasteiger partial charge in [-0.1, -0.05) is 6.07 Å². The van der Waals surface area contributed by atoms with Crippen molar-refractivity contribution in [3.63, 3.8) is 0 Å². The second kappa shape index (κ2) is 5.10. The van der Waals surface area contributed by atoms with Crippen LogP contribution in [0.5, 0.6) is 0 Å². The summed E-state index contributed by atoms with van der Waals surface area (Å²) in [7, 11) is 0. The van der Waals surface area contributed by atoms with E-state index in [4.69, 9.17) is 0 Å². The van der Waals surface area contributed by atoms with Gasteiger partial charge in [0, 0.05) is 22.4 Å². The molecule has 4 heteroatoms. The first-order chi connectivity index (χ1) is 9.15. The number of hydrogen-bond acceptors (Lipinski definition) is 2. The Kier molecular flexibility index (Phi) is 3.46. The number of carbonyl (C=O) groups excluding carboxylic acids is 1. The molecule has 0 N–H and O–H groups in total. The highest BCUT2D eigenvalue weighted by Crippen LogP contribution is 2.27. The van der Waals surface area contributed by atoms with Gasteiger partial charge in [-0.15, -0.1) is 11.3 Å². The topological polar surface area (TPSA) is 20.3 Å². The summed E-state index contributed by atoms with van der Waals surface area (Å²) < 4.78 is 0.883. The average molecular weight is 336 g/mol. The summed E-state index contributed by atoms with van der Waals surface area (Å²) in [6.07, 6.45) is 0.974. The van der Waals surface area contributed by atoms with E-state index < -0.39 is 0 Å². The Bertz CT molecular complexity index is 635. The van der Waals surface area contributed by atoms with Crippen LogP contribution in [0, 0.1) is 6.92 Å². The molecule has 2 nitrogen and oxygen atoms in total. The minimum absolute atomic E-state index is 0.115. The average Bonchev–Trinajstić information content (AvgIpc) is 2.85. The fourth-order valence-corrected chi connectivity index (χ4v) is 3.94. The summed E-state index contributed by atoms with van der Waals surface area (Å²) in [5.41, 5.74) is 3.21. The summed E-state index contributed by atoms with van der Waals surface area (Å²) in [6, 6.07) is 8.01. The Morgan fingerprint density at radius 1 is 1.37 bits per heavy atom. The first-order valence-electron chi connectivity index (χ1n) is 6.26. The Morgan fingerprint density at radius 3 is 3.00 bits per heavy atom. The van der Waals surface area contributed by atoms with Crippen LogP contribution in [0.25, 0.3) is 0 Å². The summed E-state index contributed by atoms with van der Waals surface area (Å²) in [4.78, 5) is 15.9. The predicted octanol–water partition coefficient (Wildman–Crippen LogP) is 4.02. The van der Waals surface area contributed by atoms with Gasteiger partial charge in [-0.2, -0.15) is 0 Å². The van der Waals surface area contributed by atoms with Crippen molar-refractivity contribution in [1.29, 1.82) is 0 Å². The summed E-state index contributed by atoms with van der Waals surface area (Å²) in [5, 5.41) is 2.11. The van der Waals surface area contributed by atoms with E-state index in [0.29, 0.717) is 0 Å². The highest BCUT2D eigenvalue weighted by molar-refractivity contribution is 9.10. The molecule has 0 fully saturated rings. The maximum Gasteiger partial charge on any atom is 0.255 e. The molecule has 1 aromatic carbocycles. The zero-order valence-electron chi connectivity index (χ0n) is 10.6. The third-order valence-electron chi connectivity index (χ3n) is 3.45. The minimum Gasteiger partial charge on any atom is -0.334 e. The number of amides is 1. The lowest BCUT2D eigenvalue weighted by atomic mass is 10.1.